The highest BCUT2D eigenvalue weighted by Gasteiger charge is 2.14. The second-order valence-corrected chi connectivity index (χ2v) is 5.25. The van der Waals surface area contributed by atoms with Crippen LogP contribution in [0.25, 0.3) is 22.7 Å². The Morgan fingerprint density at radius 1 is 0.952 bits per heavy atom. The van der Waals surface area contributed by atoms with E-state index in [1.165, 1.54) is 33.4 Å². The normalized spacial score (nSPS) is 11.3. The number of benzene rings is 2. The summed E-state index contributed by atoms with van der Waals surface area (Å²) in [7, 11) is 0. The molecule has 0 atom stereocenters. The molecule has 0 aliphatic rings. The molecule has 0 bridgehead atoms. The maximum atomic E-state index is 3.78. The fourth-order valence-electron chi connectivity index (χ4n) is 2.97. The number of para-hydroxylation sites is 1. The summed E-state index contributed by atoms with van der Waals surface area (Å²) in [5.74, 6) is 0. The zero-order valence-corrected chi connectivity index (χ0v) is 12.5. The van der Waals surface area contributed by atoms with Crippen molar-refractivity contribution in [2.45, 2.75) is 13.8 Å². The standard InChI is InChI=1S/C20H19N/c1-4-5-13-18-16(3)20-15(2)10-9-14-19(20)21(18)17-11-7-6-8-12-17/h4-14H,1H2,2-3H3/b13-5-. The fraction of sp³-hybridized carbons (Fsp3) is 0.100. The first-order valence-corrected chi connectivity index (χ1v) is 7.19. The Bertz CT molecular complexity index is 820. The van der Waals surface area contributed by atoms with Gasteiger partial charge in [-0.2, -0.15) is 0 Å². The van der Waals surface area contributed by atoms with Crippen molar-refractivity contribution in [3.63, 3.8) is 0 Å². The van der Waals surface area contributed by atoms with Crippen LogP contribution in [0.3, 0.4) is 0 Å². The first-order chi connectivity index (χ1) is 10.2. The van der Waals surface area contributed by atoms with Gasteiger partial charge in [0.15, 0.2) is 0 Å². The van der Waals surface area contributed by atoms with Crippen molar-refractivity contribution in [2.75, 3.05) is 0 Å². The van der Waals surface area contributed by atoms with Crippen molar-refractivity contribution >= 4 is 17.0 Å². The lowest BCUT2D eigenvalue weighted by molar-refractivity contribution is 1.10. The van der Waals surface area contributed by atoms with E-state index in [0.717, 1.165) is 0 Å². The summed E-state index contributed by atoms with van der Waals surface area (Å²) in [6.07, 6.45) is 5.95. The fourth-order valence-corrected chi connectivity index (χ4v) is 2.97. The molecule has 1 aromatic heterocycles. The van der Waals surface area contributed by atoms with Gasteiger partial charge < -0.3 is 4.57 Å². The lowest BCUT2D eigenvalue weighted by atomic mass is 10.1. The number of fused-ring (bicyclic) bond motifs is 1. The van der Waals surface area contributed by atoms with Gasteiger partial charge in [0.05, 0.1) is 5.52 Å². The predicted octanol–water partition coefficient (Wildman–Crippen LogP) is 5.45. The van der Waals surface area contributed by atoms with Gasteiger partial charge in [-0.3, -0.25) is 0 Å². The minimum Gasteiger partial charge on any atom is -0.310 e. The number of hydrogen-bond acceptors (Lipinski definition) is 0. The van der Waals surface area contributed by atoms with Crippen LogP contribution in [-0.4, -0.2) is 4.57 Å². The molecule has 3 rings (SSSR count). The maximum Gasteiger partial charge on any atom is 0.0540 e. The summed E-state index contributed by atoms with van der Waals surface area (Å²) in [6, 6.07) is 17.0. The lowest BCUT2D eigenvalue weighted by Gasteiger charge is -2.09. The first-order valence-electron chi connectivity index (χ1n) is 7.19. The number of aryl methyl sites for hydroxylation is 2. The second kappa shape index (κ2) is 5.45. The lowest BCUT2D eigenvalue weighted by Crippen LogP contribution is -1.96. The van der Waals surface area contributed by atoms with E-state index in [1.807, 2.05) is 18.2 Å². The molecular formula is C20H19N. The van der Waals surface area contributed by atoms with Crippen molar-refractivity contribution < 1.29 is 0 Å². The monoisotopic (exact) mass is 273 g/mol. The van der Waals surface area contributed by atoms with Crippen LogP contribution < -0.4 is 0 Å². The highest BCUT2D eigenvalue weighted by atomic mass is 15.0. The molecule has 0 fully saturated rings. The molecule has 104 valence electrons. The molecule has 0 saturated carbocycles. The van der Waals surface area contributed by atoms with E-state index in [2.05, 4.69) is 73.5 Å². The molecule has 2 aromatic carbocycles. The average molecular weight is 273 g/mol. The summed E-state index contributed by atoms with van der Waals surface area (Å²) in [5.41, 5.74) is 6.27. The number of nitrogens with zero attached hydrogens (tertiary/aromatic N) is 1. The molecule has 1 nitrogen and oxygen atoms in total. The van der Waals surface area contributed by atoms with E-state index in [4.69, 9.17) is 0 Å². The zero-order chi connectivity index (χ0) is 14.8. The van der Waals surface area contributed by atoms with Crippen LogP contribution >= 0.6 is 0 Å². The number of hydrogen-bond donors (Lipinski definition) is 0. The van der Waals surface area contributed by atoms with Crippen LogP contribution in [-0.2, 0) is 0 Å². The average Bonchev–Trinajstić information content (AvgIpc) is 2.80. The number of aromatic nitrogens is 1. The van der Waals surface area contributed by atoms with E-state index in [0.29, 0.717) is 0 Å². The highest BCUT2D eigenvalue weighted by Crippen LogP contribution is 2.32. The highest BCUT2D eigenvalue weighted by molar-refractivity contribution is 5.92. The summed E-state index contributed by atoms with van der Waals surface area (Å²) in [5, 5.41) is 1.34. The van der Waals surface area contributed by atoms with Gasteiger partial charge in [0, 0.05) is 16.8 Å². The molecule has 0 amide bonds. The van der Waals surface area contributed by atoms with Crippen LogP contribution in [0.15, 0.2) is 67.3 Å². The van der Waals surface area contributed by atoms with Crippen LogP contribution in [0.2, 0.25) is 0 Å². The number of allylic oxidation sites excluding steroid dienone is 2. The van der Waals surface area contributed by atoms with Gasteiger partial charge in [-0.15, -0.1) is 0 Å². The Morgan fingerprint density at radius 3 is 2.43 bits per heavy atom. The van der Waals surface area contributed by atoms with Crippen molar-refractivity contribution in [2.24, 2.45) is 0 Å². The third-order valence-electron chi connectivity index (χ3n) is 3.90. The largest absolute Gasteiger partial charge is 0.310 e. The molecule has 0 radical (unpaired) electrons. The zero-order valence-electron chi connectivity index (χ0n) is 12.5. The summed E-state index contributed by atoms with van der Waals surface area (Å²) in [6.45, 7) is 8.15. The van der Waals surface area contributed by atoms with Gasteiger partial charge in [0.1, 0.15) is 0 Å². The summed E-state index contributed by atoms with van der Waals surface area (Å²) in [4.78, 5) is 0. The Morgan fingerprint density at radius 2 is 1.71 bits per heavy atom. The smallest absolute Gasteiger partial charge is 0.0540 e. The quantitative estimate of drug-likeness (QED) is 0.559. The third kappa shape index (κ3) is 2.21. The van der Waals surface area contributed by atoms with E-state index < -0.39 is 0 Å². The Balaban J connectivity index is 2.43. The molecule has 0 saturated heterocycles. The molecule has 21 heavy (non-hydrogen) atoms. The van der Waals surface area contributed by atoms with Gasteiger partial charge in [-0.05, 0) is 49.2 Å². The third-order valence-corrected chi connectivity index (χ3v) is 3.90. The van der Waals surface area contributed by atoms with Gasteiger partial charge in [0.2, 0.25) is 0 Å². The minimum absolute atomic E-state index is 1.19. The topological polar surface area (TPSA) is 4.93 Å². The molecule has 0 unspecified atom stereocenters. The SMILES string of the molecule is C=C/C=C\c1c(C)c2c(C)cccc2n1-c1ccccc1. The summed E-state index contributed by atoms with van der Waals surface area (Å²) >= 11 is 0. The van der Waals surface area contributed by atoms with Crippen molar-refractivity contribution in [3.8, 4) is 5.69 Å². The van der Waals surface area contributed by atoms with Crippen molar-refractivity contribution in [1.29, 1.82) is 0 Å². The van der Waals surface area contributed by atoms with Crippen LogP contribution in [0.5, 0.6) is 0 Å². The van der Waals surface area contributed by atoms with Gasteiger partial charge in [-0.25, -0.2) is 0 Å². The molecule has 0 N–H and O–H groups in total. The molecular weight excluding hydrogens is 254 g/mol. The second-order valence-electron chi connectivity index (χ2n) is 5.25. The van der Waals surface area contributed by atoms with Gasteiger partial charge >= 0.3 is 0 Å². The van der Waals surface area contributed by atoms with Gasteiger partial charge in [-0.1, -0.05) is 49.1 Å². The van der Waals surface area contributed by atoms with E-state index in [9.17, 15) is 0 Å². The molecule has 1 heterocycles. The van der Waals surface area contributed by atoms with Crippen LogP contribution in [0.1, 0.15) is 16.8 Å². The van der Waals surface area contributed by atoms with E-state index in [-0.39, 0.29) is 0 Å². The minimum atomic E-state index is 1.19. The summed E-state index contributed by atoms with van der Waals surface area (Å²) < 4.78 is 2.32. The Hall–Kier alpha value is -2.54. The van der Waals surface area contributed by atoms with Crippen LogP contribution in [0.4, 0.5) is 0 Å². The van der Waals surface area contributed by atoms with Crippen LogP contribution in [0, 0.1) is 13.8 Å². The molecule has 1 heteroatoms. The molecule has 0 aliphatic heterocycles. The molecule has 3 aromatic rings. The van der Waals surface area contributed by atoms with Crippen molar-refractivity contribution in [3.05, 3.63) is 84.1 Å². The maximum absolute atomic E-state index is 3.78. The van der Waals surface area contributed by atoms with E-state index in [1.54, 1.807) is 0 Å². The van der Waals surface area contributed by atoms with E-state index >= 15 is 0 Å². The molecule has 0 aliphatic carbocycles. The van der Waals surface area contributed by atoms with Crippen molar-refractivity contribution in [1.82, 2.24) is 4.57 Å². The predicted molar refractivity (Wildman–Crippen MR) is 92.0 cm³/mol. The first kappa shape index (κ1) is 13.4. The Labute approximate surface area is 125 Å². The molecule has 0 spiro atoms. The number of rotatable bonds is 3. The Kier molecular flexibility index (Phi) is 3.49. The van der Waals surface area contributed by atoms with Gasteiger partial charge in [0.25, 0.3) is 0 Å².